The van der Waals surface area contributed by atoms with Crippen LogP contribution in [0, 0.1) is 0 Å². The Hall–Kier alpha value is -1.92. The summed E-state index contributed by atoms with van der Waals surface area (Å²) in [4.78, 5) is 9.21. The van der Waals surface area contributed by atoms with Crippen molar-refractivity contribution in [1.29, 1.82) is 0 Å². The Morgan fingerprint density at radius 1 is 1.27 bits per heavy atom. The molecule has 0 saturated heterocycles. The normalized spacial score (nSPS) is 14.3. The van der Waals surface area contributed by atoms with E-state index in [0.717, 1.165) is 30.8 Å². The standard InChI is InChI=1S/C20H30N4OS/c1-5-21-19(22-12-11-17-13-26-18(24-17)15(2)3)23-14-20(4,25)16-9-7-6-8-10-16/h6-10,13,15,25H,5,11-12,14H2,1-4H3,(H2,21,22,23). The number of aliphatic imine (C=N–C) groups is 1. The number of rotatable bonds is 8. The van der Waals surface area contributed by atoms with Crippen LogP contribution in [0.5, 0.6) is 0 Å². The second-order valence-corrected chi connectivity index (χ2v) is 7.73. The van der Waals surface area contributed by atoms with E-state index in [2.05, 4.69) is 39.8 Å². The van der Waals surface area contributed by atoms with E-state index in [0.29, 0.717) is 18.4 Å². The van der Waals surface area contributed by atoms with Crippen LogP contribution in [-0.4, -0.2) is 35.7 Å². The topological polar surface area (TPSA) is 69.5 Å². The molecule has 2 aromatic rings. The average molecular weight is 375 g/mol. The Bertz CT molecular complexity index is 695. The van der Waals surface area contributed by atoms with Crippen LogP contribution in [0.4, 0.5) is 0 Å². The van der Waals surface area contributed by atoms with Gasteiger partial charge in [0.2, 0.25) is 0 Å². The van der Waals surface area contributed by atoms with Gasteiger partial charge in [0, 0.05) is 30.8 Å². The fraction of sp³-hybridized carbons (Fsp3) is 0.500. The third kappa shape index (κ3) is 6.11. The maximum atomic E-state index is 10.7. The number of aromatic nitrogens is 1. The first-order chi connectivity index (χ1) is 12.4. The predicted octanol–water partition coefficient (Wildman–Crippen LogP) is 3.27. The van der Waals surface area contributed by atoms with Crippen molar-refractivity contribution in [1.82, 2.24) is 15.6 Å². The summed E-state index contributed by atoms with van der Waals surface area (Å²) in [6.45, 7) is 9.96. The fourth-order valence-electron chi connectivity index (χ4n) is 2.47. The second kappa shape index (κ2) is 9.69. The highest BCUT2D eigenvalue weighted by Gasteiger charge is 2.22. The molecular weight excluding hydrogens is 344 g/mol. The van der Waals surface area contributed by atoms with E-state index in [4.69, 9.17) is 0 Å². The number of guanidine groups is 1. The maximum absolute atomic E-state index is 10.7. The van der Waals surface area contributed by atoms with E-state index in [-0.39, 0.29) is 0 Å². The van der Waals surface area contributed by atoms with E-state index < -0.39 is 5.60 Å². The summed E-state index contributed by atoms with van der Waals surface area (Å²) in [5.41, 5.74) is 0.978. The molecule has 1 atom stereocenters. The van der Waals surface area contributed by atoms with Gasteiger partial charge in [0.05, 0.1) is 17.2 Å². The van der Waals surface area contributed by atoms with E-state index in [9.17, 15) is 5.11 Å². The average Bonchev–Trinajstić information content (AvgIpc) is 3.10. The molecule has 0 aliphatic carbocycles. The van der Waals surface area contributed by atoms with Crippen LogP contribution in [0.2, 0.25) is 0 Å². The smallest absolute Gasteiger partial charge is 0.191 e. The zero-order chi connectivity index (χ0) is 19.0. The van der Waals surface area contributed by atoms with Gasteiger partial charge in [-0.2, -0.15) is 0 Å². The Morgan fingerprint density at radius 3 is 2.62 bits per heavy atom. The van der Waals surface area contributed by atoms with E-state index in [1.165, 1.54) is 5.01 Å². The third-order valence-electron chi connectivity index (χ3n) is 4.02. The number of hydrogen-bond donors (Lipinski definition) is 3. The molecule has 0 bridgehead atoms. The minimum Gasteiger partial charge on any atom is -0.384 e. The summed E-state index contributed by atoms with van der Waals surface area (Å²) < 4.78 is 0. The molecular formula is C20H30N4OS. The van der Waals surface area contributed by atoms with Gasteiger partial charge in [-0.3, -0.25) is 0 Å². The van der Waals surface area contributed by atoms with Crippen LogP contribution >= 0.6 is 11.3 Å². The molecule has 0 saturated carbocycles. The molecule has 0 spiro atoms. The lowest BCUT2D eigenvalue weighted by Crippen LogP contribution is -2.39. The van der Waals surface area contributed by atoms with Gasteiger partial charge in [0.25, 0.3) is 0 Å². The van der Waals surface area contributed by atoms with Crippen molar-refractivity contribution in [2.45, 2.75) is 45.6 Å². The first kappa shape index (κ1) is 20.4. The quantitative estimate of drug-likeness (QED) is 0.490. The van der Waals surface area contributed by atoms with Crippen molar-refractivity contribution in [2.75, 3.05) is 19.6 Å². The van der Waals surface area contributed by atoms with Crippen LogP contribution in [0.1, 0.15) is 49.9 Å². The van der Waals surface area contributed by atoms with Crippen molar-refractivity contribution in [3.05, 3.63) is 52.0 Å². The Labute approximate surface area is 160 Å². The number of nitrogens with zero attached hydrogens (tertiary/aromatic N) is 2. The van der Waals surface area contributed by atoms with E-state index in [1.807, 2.05) is 37.3 Å². The largest absolute Gasteiger partial charge is 0.384 e. The molecule has 142 valence electrons. The molecule has 0 aliphatic rings. The van der Waals surface area contributed by atoms with E-state index >= 15 is 0 Å². The Balaban J connectivity index is 1.91. The van der Waals surface area contributed by atoms with Gasteiger partial charge in [-0.05, 0) is 19.4 Å². The highest BCUT2D eigenvalue weighted by molar-refractivity contribution is 7.09. The molecule has 1 aromatic carbocycles. The van der Waals surface area contributed by atoms with Gasteiger partial charge < -0.3 is 15.7 Å². The third-order valence-corrected chi connectivity index (χ3v) is 5.22. The molecule has 0 aliphatic heterocycles. The van der Waals surface area contributed by atoms with Crippen LogP contribution in [0.3, 0.4) is 0 Å². The number of nitrogens with one attached hydrogen (secondary N) is 2. The van der Waals surface area contributed by atoms with E-state index in [1.54, 1.807) is 18.3 Å². The number of thiazole rings is 1. The first-order valence-electron chi connectivity index (χ1n) is 9.16. The van der Waals surface area contributed by atoms with Gasteiger partial charge in [0.15, 0.2) is 5.96 Å². The summed E-state index contributed by atoms with van der Waals surface area (Å²) in [5.74, 6) is 1.18. The molecule has 0 radical (unpaired) electrons. The fourth-order valence-corrected chi connectivity index (χ4v) is 3.34. The maximum Gasteiger partial charge on any atom is 0.191 e. The molecule has 1 aromatic heterocycles. The molecule has 3 N–H and O–H groups in total. The minimum absolute atomic E-state index is 0.292. The molecule has 2 rings (SSSR count). The zero-order valence-electron chi connectivity index (χ0n) is 16.1. The first-order valence-corrected chi connectivity index (χ1v) is 10.0. The predicted molar refractivity (Wildman–Crippen MR) is 110 cm³/mol. The minimum atomic E-state index is -0.995. The lowest BCUT2D eigenvalue weighted by molar-refractivity contribution is 0.0672. The van der Waals surface area contributed by atoms with Crippen molar-refractivity contribution < 1.29 is 5.11 Å². The highest BCUT2D eigenvalue weighted by Crippen LogP contribution is 2.20. The van der Waals surface area contributed by atoms with Crippen molar-refractivity contribution >= 4 is 17.3 Å². The molecule has 5 nitrogen and oxygen atoms in total. The molecule has 26 heavy (non-hydrogen) atoms. The lowest BCUT2D eigenvalue weighted by Gasteiger charge is -2.22. The van der Waals surface area contributed by atoms with Crippen molar-refractivity contribution in [3.63, 3.8) is 0 Å². The number of benzene rings is 1. The molecule has 1 unspecified atom stereocenters. The Morgan fingerprint density at radius 2 is 2.00 bits per heavy atom. The van der Waals surface area contributed by atoms with Gasteiger partial charge >= 0.3 is 0 Å². The monoisotopic (exact) mass is 374 g/mol. The van der Waals surface area contributed by atoms with Crippen LogP contribution in [0.25, 0.3) is 0 Å². The lowest BCUT2D eigenvalue weighted by atomic mass is 9.96. The summed E-state index contributed by atoms with van der Waals surface area (Å²) in [7, 11) is 0. The molecule has 0 fully saturated rings. The van der Waals surface area contributed by atoms with Crippen LogP contribution < -0.4 is 10.6 Å². The van der Waals surface area contributed by atoms with Crippen LogP contribution in [-0.2, 0) is 12.0 Å². The van der Waals surface area contributed by atoms with Gasteiger partial charge in [0.1, 0.15) is 5.60 Å². The number of aliphatic hydroxyl groups is 1. The molecule has 1 heterocycles. The zero-order valence-corrected chi connectivity index (χ0v) is 16.9. The molecule has 6 heteroatoms. The van der Waals surface area contributed by atoms with Gasteiger partial charge in [-0.15, -0.1) is 11.3 Å². The Kier molecular flexibility index (Phi) is 7.60. The second-order valence-electron chi connectivity index (χ2n) is 6.84. The SMILES string of the molecule is CCNC(=NCC(C)(O)c1ccccc1)NCCc1csc(C(C)C)n1. The summed E-state index contributed by atoms with van der Waals surface area (Å²) in [6.07, 6.45) is 0.850. The van der Waals surface area contributed by atoms with Gasteiger partial charge in [-0.1, -0.05) is 44.2 Å². The van der Waals surface area contributed by atoms with Crippen molar-refractivity contribution in [3.8, 4) is 0 Å². The summed E-state index contributed by atoms with van der Waals surface area (Å²) in [6, 6.07) is 9.64. The summed E-state index contributed by atoms with van der Waals surface area (Å²) >= 11 is 1.72. The highest BCUT2D eigenvalue weighted by atomic mass is 32.1. The van der Waals surface area contributed by atoms with Gasteiger partial charge in [-0.25, -0.2) is 9.98 Å². The van der Waals surface area contributed by atoms with Crippen molar-refractivity contribution in [2.24, 2.45) is 4.99 Å². The molecule has 0 amide bonds. The number of hydrogen-bond acceptors (Lipinski definition) is 4. The van der Waals surface area contributed by atoms with Crippen LogP contribution in [0.15, 0.2) is 40.7 Å². The summed E-state index contributed by atoms with van der Waals surface area (Å²) in [5, 5.41) is 20.5.